The largest absolute Gasteiger partial charge is 0.309 e. The molecule has 0 atom stereocenters. The molecular weight excluding hydrogens is 412 g/mol. The maximum Gasteiger partial charge on any atom is 0.259 e. The van der Waals surface area contributed by atoms with Crippen LogP contribution in [0.4, 0.5) is 0 Å². The van der Waals surface area contributed by atoms with Crippen LogP contribution in [0.1, 0.15) is 40.4 Å². The molecule has 0 fully saturated rings. The summed E-state index contributed by atoms with van der Waals surface area (Å²) in [7, 11) is 0. The van der Waals surface area contributed by atoms with Gasteiger partial charge in [-0.3, -0.25) is 4.79 Å². The number of thiophene rings is 1. The number of rotatable bonds is 4. The lowest BCUT2D eigenvalue weighted by Gasteiger charge is -2.09. The van der Waals surface area contributed by atoms with Crippen LogP contribution in [0.15, 0.2) is 40.3 Å². The van der Waals surface area contributed by atoms with Crippen LogP contribution in [-0.2, 0) is 18.6 Å². The minimum Gasteiger partial charge on any atom is -0.309 e. The zero-order chi connectivity index (χ0) is 20.7. The fourth-order valence-corrected chi connectivity index (χ4v) is 5.94. The molecule has 5 nitrogen and oxygen atoms in total. The first-order chi connectivity index (χ1) is 14.6. The topological polar surface area (TPSA) is 71.5 Å². The molecule has 152 valence electrons. The number of fused-ring (bicyclic) bond motifs is 3. The van der Waals surface area contributed by atoms with Crippen molar-refractivity contribution in [3.63, 3.8) is 0 Å². The van der Waals surface area contributed by atoms with E-state index in [1.807, 2.05) is 13.0 Å². The van der Waals surface area contributed by atoms with Crippen LogP contribution >= 0.6 is 23.1 Å². The van der Waals surface area contributed by atoms with Crippen LogP contribution < -0.4 is 5.56 Å². The van der Waals surface area contributed by atoms with Gasteiger partial charge in [0.1, 0.15) is 10.7 Å². The highest BCUT2D eigenvalue weighted by Crippen LogP contribution is 2.34. The fraction of sp³-hybridized carbons (Fsp3) is 0.304. The van der Waals surface area contributed by atoms with Crippen molar-refractivity contribution >= 4 is 33.3 Å². The molecule has 0 aliphatic heterocycles. The van der Waals surface area contributed by atoms with Crippen LogP contribution in [0.3, 0.4) is 0 Å². The van der Waals surface area contributed by atoms with Crippen molar-refractivity contribution in [3.8, 4) is 11.3 Å². The number of aryl methyl sites for hydroxylation is 4. The number of thioether (sulfide) groups is 1. The summed E-state index contributed by atoms with van der Waals surface area (Å²) >= 11 is 3.18. The van der Waals surface area contributed by atoms with Crippen molar-refractivity contribution < 1.29 is 0 Å². The van der Waals surface area contributed by atoms with Crippen LogP contribution in [0.2, 0.25) is 0 Å². The van der Waals surface area contributed by atoms with Crippen molar-refractivity contribution in [1.82, 2.24) is 19.9 Å². The molecule has 5 rings (SSSR count). The third-order valence-corrected chi connectivity index (χ3v) is 7.44. The summed E-state index contributed by atoms with van der Waals surface area (Å²) in [6, 6.07) is 10.3. The first kappa shape index (κ1) is 19.5. The van der Waals surface area contributed by atoms with Crippen molar-refractivity contribution in [3.05, 3.63) is 68.2 Å². The normalized spacial score (nSPS) is 13.5. The molecular formula is C23H22N4OS2. The molecule has 3 heterocycles. The molecule has 1 N–H and O–H groups in total. The van der Waals surface area contributed by atoms with E-state index in [9.17, 15) is 4.79 Å². The van der Waals surface area contributed by atoms with Gasteiger partial charge in [0.15, 0.2) is 5.16 Å². The molecule has 7 heteroatoms. The molecule has 1 aliphatic rings. The molecule has 1 aromatic carbocycles. The maximum atomic E-state index is 12.7. The van der Waals surface area contributed by atoms with Crippen LogP contribution in [-0.4, -0.2) is 19.9 Å². The Morgan fingerprint density at radius 3 is 2.70 bits per heavy atom. The van der Waals surface area contributed by atoms with Gasteiger partial charge >= 0.3 is 0 Å². The van der Waals surface area contributed by atoms with E-state index < -0.39 is 0 Å². The van der Waals surface area contributed by atoms with E-state index in [1.165, 1.54) is 34.2 Å². The molecule has 0 spiro atoms. The molecule has 3 aromatic heterocycles. The van der Waals surface area contributed by atoms with Crippen LogP contribution in [0.5, 0.6) is 0 Å². The molecule has 4 aromatic rings. The van der Waals surface area contributed by atoms with E-state index in [0.717, 1.165) is 46.4 Å². The molecule has 0 radical (unpaired) electrons. The monoisotopic (exact) mass is 434 g/mol. The van der Waals surface area contributed by atoms with E-state index >= 15 is 0 Å². The predicted octanol–water partition coefficient (Wildman–Crippen LogP) is 5.23. The Kier molecular flexibility index (Phi) is 5.16. The smallest absolute Gasteiger partial charge is 0.259 e. The third kappa shape index (κ3) is 3.79. The second-order valence-electron chi connectivity index (χ2n) is 7.74. The second kappa shape index (κ2) is 7.96. The highest BCUT2D eigenvalue weighted by atomic mass is 32.2. The molecule has 0 amide bonds. The van der Waals surface area contributed by atoms with E-state index in [2.05, 4.69) is 41.2 Å². The zero-order valence-corrected chi connectivity index (χ0v) is 18.6. The summed E-state index contributed by atoms with van der Waals surface area (Å²) < 4.78 is 0. The Morgan fingerprint density at radius 2 is 1.87 bits per heavy atom. The Morgan fingerprint density at radius 1 is 1.07 bits per heavy atom. The second-order valence-corrected chi connectivity index (χ2v) is 9.76. The number of H-pyrrole nitrogens is 1. The number of aromatic amines is 1. The summed E-state index contributed by atoms with van der Waals surface area (Å²) in [5.41, 5.74) is 5.34. The van der Waals surface area contributed by atoms with Gasteiger partial charge in [0, 0.05) is 16.1 Å². The first-order valence-corrected chi connectivity index (χ1v) is 12.0. The fourth-order valence-electron chi connectivity index (χ4n) is 3.89. The number of aromatic nitrogens is 4. The maximum absolute atomic E-state index is 12.7. The number of benzene rings is 1. The predicted molar refractivity (Wildman–Crippen MR) is 123 cm³/mol. The van der Waals surface area contributed by atoms with Gasteiger partial charge in [0.2, 0.25) is 0 Å². The quantitative estimate of drug-likeness (QED) is 0.352. The lowest BCUT2D eigenvalue weighted by molar-refractivity contribution is 0.700. The Labute approximate surface area is 183 Å². The number of nitrogens with one attached hydrogen (secondary N) is 1. The van der Waals surface area contributed by atoms with E-state index in [0.29, 0.717) is 16.7 Å². The van der Waals surface area contributed by atoms with Gasteiger partial charge in [-0.2, -0.15) is 0 Å². The summed E-state index contributed by atoms with van der Waals surface area (Å²) in [6.07, 6.45) is 4.42. The van der Waals surface area contributed by atoms with E-state index in [-0.39, 0.29) is 5.56 Å². The molecule has 0 saturated carbocycles. The average molecular weight is 435 g/mol. The first-order valence-electron chi connectivity index (χ1n) is 10.2. The number of hydrogen-bond acceptors (Lipinski definition) is 6. The standard InChI is InChI=1S/C23H22N4OS2/c1-13-7-9-15(10-8-13)17-11-14(2)24-23(25-17)29-12-19-26-21(28)20-16-5-3-4-6-18(16)30-22(20)27-19/h7-11H,3-6,12H2,1-2H3,(H,26,27,28). The van der Waals surface area contributed by atoms with E-state index in [1.54, 1.807) is 11.3 Å². The van der Waals surface area contributed by atoms with Gasteiger partial charge in [0.05, 0.1) is 16.8 Å². The van der Waals surface area contributed by atoms with Crippen LogP contribution in [0, 0.1) is 13.8 Å². The van der Waals surface area contributed by atoms with Crippen molar-refractivity contribution in [1.29, 1.82) is 0 Å². The summed E-state index contributed by atoms with van der Waals surface area (Å²) in [5.74, 6) is 1.21. The van der Waals surface area contributed by atoms with Crippen molar-refractivity contribution in [2.45, 2.75) is 50.4 Å². The van der Waals surface area contributed by atoms with Crippen molar-refractivity contribution in [2.24, 2.45) is 0 Å². The van der Waals surface area contributed by atoms with E-state index in [4.69, 9.17) is 9.97 Å². The highest BCUT2D eigenvalue weighted by Gasteiger charge is 2.20. The SMILES string of the molecule is Cc1ccc(-c2cc(C)nc(SCc3nc4sc5c(c4c(=O)[nH]3)CCCC5)n2)cc1. The minimum absolute atomic E-state index is 0.0134. The summed E-state index contributed by atoms with van der Waals surface area (Å²) in [4.78, 5) is 32.0. The van der Waals surface area contributed by atoms with Gasteiger partial charge in [-0.15, -0.1) is 11.3 Å². The van der Waals surface area contributed by atoms with Crippen LogP contribution in [0.25, 0.3) is 21.5 Å². The van der Waals surface area contributed by atoms with Gasteiger partial charge in [-0.1, -0.05) is 41.6 Å². The van der Waals surface area contributed by atoms with Gasteiger partial charge in [0.25, 0.3) is 5.56 Å². The molecule has 1 aliphatic carbocycles. The summed E-state index contributed by atoms with van der Waals surface area (Å²) in [6.45, 7) is 4.05. The number of nitrogens with zero attached hydrogens (tertiary/aromatic N) is 3. The van der Waals surface area contributed by atoms with Gasteiger partial charge < -0.3 is 4.98 Å². The molecule has 30 heavy (non-hydrogen) atoms. The van der Waals surface area contributed by atoms with Crippen molar-refractivity contribution in [2.75, 3.05) is 0 Å². The van der Waals surface area contributed by atoms with Gasteiger partial charge in [-0.25, -0.2) is 15.0 Å². The summed E-state index contributed by atoms with van der Waals surface area (Å²) in [5, 5.41) is 1.50. The lowest BCUT2D eigenvalue weighted by Crippen LogP contribution is -2.12. The minimum atomic E-state index is -0.0134. The Balaban J connectivity index is 1.41. The lowest BCUT2D eigenvalue weighted by atomic mass is 9.97. The third-order valence-electron chi connectivity index (χ3n) is 5.39. The average Bonchev–Trinajstić information content (AvgIpc) is 3.11. The molecule has 0 saturated heterocycles. The highest BCUT2D eigenvalue weighted by molar-refractivity contribution is 7.98. The Bertz CT molecular complexity index is 1290. The molecule has 0 bridgehead atoms. The number of hydrogen-bond donors (Lipinski definition) is 1. The Hall–Kier alpha value is -2.51. The van der Waals surface area contributed by atoms with Gasteiger partial charge in [-0.05, 0) is 51.2 Å². The molecule has 0 unspecified atom stereocenters. The zero-order valence-electron chi connectivity index (χ0n) is 17.0.